The van der Waals surface area contributed by atoms with E-state index >= 15 is 0 Å². The van der Waals surface area contributed by atoms with Crippen molar-refractivity contribution in [3.63, 3.8) is 0 Å². The predicted octanol–water partition coefficient (Wildman–Crippen LogP) is 3.41. The summed E-state index contributed by atoms with van der Waals surface area (Å²) in [5, 5.41) is 0. The van der Waals surface area contributed by atoms with Crippen molar-refractivity contribution < 1.29 is 9.53 Å². The van der Waals surface area contributed by atoms with Crippen LogP contribution in [-0.2, 0) is 9.53 Å². The monoisotopic (exact) mass is 208 g/mol. The Morgan fingerprint density at radius 3 is 2.67 bits per heavy atom. The lowest BCUT2D eigenvalue weighted by Crippen LogP contribution is -2.04. The molecule has 0 rings (SSSR count). The quantitative estimate of drug-likeness (QED) is 0.364. The standard InChI is InChI=1S/C13H20O2/c1-5-11(3)8-7-9-12(4)10-15-13(14)6-2/h5,9H,1,3,6-8,10H2,2,4H3. The van der Waals surface area contributed by atoms with E-state index in [-0.39, 0.29) is 5.97 Å². The first-order valence-electron chi connectivity index (χ1n) is 5.21. The SMILES string of the molecule is C=CC(=C)CCC=C(C)COC(=O)CC. The van der Waals surface area contributed by atoms with Crippen LogP contribution in [0.4, 0.5) is 0 Å². The van der Waals surface area contributed by atoms with Crippen molar-refractivity contribution in [2.75, 3.05) is 6.61 Å². The van der Waals surface area contributed by atoms with Gasteiger partial charge in [-0.3, -0.25) is 4.79 Å². The van der Waals surface area contributed by atoms with Crippen molar-refractivity contribution in [1.29, 1.82) is 0 Å². The highest BCUT2D eigenvalue weighted by atomic mass is 16.5. The van der Waals surface area contributed by atoms with Gasteiger partial charge < -0.3 is 4.74 Å². The maximum absolute atomic E-state index is 10.9. The van der Waals surface area contributed by atoms with Gasteiger partial charge in [0.2, 0.25) is 0 Å². The second-order valence-electron chi connectivity index (χ2n) is 3.47. The summed E-state index contributed by atoms with van der Waals surface area (Å²) in [6, 6.07) is 0. The molecule has 0 N–H and O–H groups in total. The summed E-state index contributed by atoms with van der Waals surface area (Å²) in [4.78, 5) is 10.9. The number of rotatable bonds is 7. The second-order valence-corrected chi connectivity index (χ2v) is 3.47. The molecular formula is C13H20O2. The molecule has 0 bridgehead atoms. The summed E-state index contributed by atoms with van der Waals surface area (Å²) in [6.07, 6.45) is 6.08. The average molecular weight is 208 g/mol. The Morgan fingerprint density at radius 2 is 2.13 bits per heavy atom. The molecule has 0 aromatic heterocycles. The van der Waals surface area contributed by atoms with Crippen LogP contribution in [0.3, 0.4) is 0 Å². The molecule has 0 atom stereocenters. The molecule has 2 nitrogen and oxygen atoms in total. The Labute approximate surface area is 92.3 Å². The zero-order valence-corrected chi connectivity index (χ0v) is 9.71. The van der Waals surface area contributed by atoms with Gasteiger partial charge >= 0.3 is 5.97 Å². The molecule has 0 fully saturated rings. The van der Waals surface area contributed by atoms with Crippen LogP contribution in [-0.4, -0.2) is 12.6 Å². The van der Waals surface area contributed by atoms with Crippen molar-refractivity contribution in [2.24, 2.45) is 0 Å². The summed E-state index contributed by atoms with van der Waals surface area (Å²) in [5.74, 6) is -0.154. The molecule has 0 amide bonds. The van der Waals surface area contributed by atoms with Crippen LogP contribution in [0.2, 0.25) is 0 Å². The highest BCUT2D eigenvalue weighted by Gasteiger charge is 1.98. The van der Waals surface area contributed by atoms with Gasteiger partial charge in [-0.2, -0.15) is 0 Å². The molecule has 0 saturated carbocycles. The molecular weight excluding hydrogens is 188 g/mol. The fourth-order valence-corrected chi connectivity index (χ4v) is 0.961. The maximum atomic E-state index is 10.9. The van der Waals surface area contributed by atoms with Gasteiger partial charge in [0.25, 0.3) is 0 Å². The van der Waals surface area contributed by atoms with Gasteiger partial charge in [0.15, 0.2) is 0 Å². The number of ether oxygens (including phenoxy) is 1. The van der Waals surface area contributed by atoms with Crippen molar-refractivity contribution in [1.82, 2.24) is 0 Å². The van der Waals surface area contributed by atoms with Crippen molar-refractivity contribution >= 4 is 5.97 Å². The van der Waals surface area contributed by atoms with Crippen molar-refractivity contribution in [2.45, 2.75) is 33.1 Å². The normalized spacial score (nSPS) is 10.9. The van der Waals surface area contributed by atoms with Crippen LogP contribution < -0.4 is 0 Å². The molecule has 0 spiro atoms. The molecule has 0 unspecified atom stereocenters. The number of carbonyl (C=O) groups excluding carboxylic acids is 1. The highest BCUT2D eigenvalue weighted by Crippen LogP contribution is 2.06. The van der Waals surface area contributed by atoms with Gasteiger partial charge in [0, 0.05) is 6.42 Å². The molecule has 84 valence electrons. The molecule has 2 heteroatoms. The van der Waals surface area contributed by atoms with Gasteiger partial charge in [-0.1, -0.05) is 37.8 Å². The van der Waals surface area contributed by atoms with Crippen LogP contribution in [0.5, 0.6) is 0 Å². The molecule has 0 radical (unpaired) electrons. The molecule has 0 aliphatic rings. The number of hydrogen-bond donors (Lipinski definition) is 0. The molecule has 0 aliphatic heterocycles. The smallest absolute Gasteiger partial charge is 0.305 e. The topological polar surface area (TPSA) is 26.3 Å². The minimum Gasteiger partial charge on any atom is -0.461 e. The number of esters is 1. The van der Waals surface area contributed by atoms with Crippen molar-refractivity contribution in [3.8, 4) is 0 Å². The fraction of sp³-hybridized carbons (Fsp3) is 0.462. The summed E-state index contributed by atoms with van der Waals surface area (Å²) < 4.78 is 4.99. The summed E-state index contributed by atoms with van der Waals surface area (Å²) >= 11 is 0. The lowest BCUT2D eigenvalue weighted by molar-refractivity contribution is -0.142. The van der Waals surface area contributed by atoms with Gasteiger partial charge in [0.1, 0.15) is 6.61 Å². The Hall–Kier alpha value is -1.31. The maximum Gasteiger partial charge on any atom is 0.305 e. The molecule has 0 aromatic carbocycles. The van der Waals surface area contributed by atoms with E-state index in [2.05, 4.69) is 19.2 Å². The molecule has 0 aliphatic carbocycles. The highest BCUT2D eigenvalue weighted by molar-refractivity contribution is 5.69. The van der Waals surface area contributed by atoms with E-state index < -0.39 is 0 Å². The number of allylic oxidation sites excluding steroid dienone is 3. The van der Waals surface area contributed by atoms with E-state index in [0.29, 0.717) is 13.0 Å². The first-order chi connectivity index (χ1) is 7.10. The molecule has 0 aromatic rings. The predicted molar refractivity (Wildman–Crippen MR) is 63.6 cm³/mol. The second kappa shape index (κ2) is 8.04. The lowest BCUT2D eigenvalue weighted by atomic mass is 10.1. The van der Waals surface area contributed by atoms with E-state index in [1.54, 1.807) is 13.0 Å². The van der Waals surface area contributed by atoms with Gasteiger partial charge in [-0.25, -0.2) is 0 Å². The first kappa shape index (κ1) is 13.7. The van der Waals surface area contributed by atoms with Crippen LogP contribution in [0.1, 0.15) is 33.1 Å². The van der Waals surface area contributed by atoms with Gasteiger partial charge in [-0.15, -0.1) is 0 Å². The average Bonchev–Trinajstić information content (AvgIpc) is 2.25. The Morgan fingerprint density at radius 1 is 1.47 bits per heavy atom. The van der Waals surface area contributed by atoms with Crippen molar-refractivity contribution in [3.05, 3.63) is 36.5 Å². The summed E-state index contributed by atoms with van der Waals surface area (Å²) in [6.45, 7) is 11.6. The Kier molecular flexibility index (Phi) is 7.33. The van der Waals surface area contributed by atoms with Crippen LogP contribution >= 0.6 is 0 Å². The van der Waals surface area contributed by atoms with Crippen LogP contribution in [0, 0.1) is 0 Å². The van der Waals surface area contributed by atoms with Crippen LogP contribution in [0.15, 0.2) is 36.5 Å². The number of hydrogen-bond acceptors (Lipinski definition) is 2. The lowest BCUT2D eigenvalue weighted by Gasteiger charge is -2.03. The summed E-state index contributed by atoms with van der Waals surface area (Å²) in [7, 11) is 0. The first-order valence-corrected chi connectivity index (χ1v) is 5.21. The molecule has 0 saturated heterocycles. The zero-order valence-electron chi connectivity index (χ0n) is 9.71. The van der Waals surface area contributed by atoms with Gasteiger partial charge in [-0.05, 0) is 25.3 Å². The third kappa shape index (κ3) is 7.74. The Balaban J connectivity index is 3.74. The van der Waals surface area contributed by atoms with Crippen LogP contribution in [0.25, 0.3) is 0 Å². The fourth-order valence-electron chi connectivity index (χ4n) is 0.961. The van der Waals surface area contributed by atoms with E-state index in [1.165, 1.54) is 0 Å². The van der Waals surface area contributed by atoms with E-state index in [1.807, 2.05) is 6.92 Å². The van der Waals surface area contributed by atoms with E-state index in [4.69, 9.17) is 4.74 Å². The molecule has 15 heavy (non-hydrogen) atoms. The van der Waals surface area contributed by atoms with Gasteiger partial charge in [0.05, 0.1) is 0 Å². The van der Waals surface area contributed by atoms with E-state index in [0.717, 1.165) is 24.0 Å². The summed E-state index contributed by atoms with van der Waals surface area (Å²) in [5.41, 5.74) is 2.11. The largest absolute Gasteiger partial charge is 0.461 e. The molecule has 0 heterocycles. The minimum absolute atomic E-state index is 0.154. The minimum atomic E-state index is -0.154. The van der Waals surface area contributed by atoms with E-state index in [9.17, 15) is 4.79 Å². The Bertz CT molecular complexity index is 262. The third-order valence-corrected chi connectivity index (χ3v) is 2.00. The number of carbonyl (C=O) groups is 1. The third-order valence-electron chi connectivity index (χ3n) is 2.00. The zero-order chi connectivity index (χ0) is 11.7.